The number of amides is 4. The summed E-state index contributed by atoms with van der Waals surface area (Å²) >= 11 is 0. The maximum absolute atomic E-state index is 13.2. The number of benzene rings is 2. The Morgan fingerprint density at radius 2 is 1.80 bits per heavy atom. The molecule has 0 aromatic heterocycles. The zero-order valence-electron chi connectivity index (χ0n) is 22.9. The van der Waals surface area contributed by atoms with E-state index in [0.717, 1.165) is 6.42 Å². The van der Waals surface area contributed by atoms with Crippen LogP contribution >= 0.6 is 0 Å². The predicted molar refractivity (Wildman–Crippen MR) is 146 cm³/mol. The van der Waals surface area contributed by atoms with Crippen molar-refractivity contribution in [1.29, 1.82) is 0 Å². The highest BCUT2D eigenvalue weighted by atomic mass is 16.5. The molecule has 0 unspecified atom stereocenters. The quantitative estimate of drug-likeness (QED) is 0.522. The van der Waals surface area contributed by atoms with E-state index in [1.807, 2.05) is 0 Å². The Morgan fingerprint density at radius 1 is 1.05 bits per heavy atom. The van der Waals surface area contributed by atoms with Crippen LogP contribution in [-0.4, -0.2) is 92.5 Å². The van der Waals surface area contributed by atoms with Gasteiger partial charge in [0.1, 0.15) is 42.5 Å². The van der Waals surface area contributed by atoms with Crippen molar-refractivity contribution in [3.63, 3.8) is 0 Å². The van der Waals surface area contributed by atoms with E-state index >= 15 is 0 Å². The minimum Gasteiger partial charge on any atom is -0.497 e. The molecule has 1 saturated heterocycles. The van der Waals surface area contributed by atoms with Crippen molar-refractivity contribution < 1.29 is 33.4 Å². The summed E-state index contributed by atoms with van der Waals surface area (Å²) in [4.78, 5) is 55.8. The molecule has 0 aliphatic carbocycles. The van der Waals surface area contributed by atoms with Crippen molar-refractivity contribution in [3.8, 4) is 17.2 Å². The molecule has 0 radical (unpaired) electrons. The zero-order chi connectivity index (χ0) is 28.5. The number of fused-ring (bicyclic) bond motifs is 2. The van der Waals surface area contributed by atoms with E-state index < -0.39 is 23.9 Å². The van der Waals surface area contributed by atoms with Crippen molar-refractivity contribution in [2.24, 2.45) is 0 Å². The van der Waals surface area contributed by atoms with Gasteiger partial charge in [-0.05, 0) is 55.7 Å². The van der Waals surface area contributed by atoms with E-state index in [9.17, 15) is 19.2 Å². The molecule has 0 bridgehead atoms. The van der Waals surface area contributed by atoms with Gasteiger partial charge < -0.3 is 34.6 Å². The highest BCUT2D eigenvalue weighted by Gasteiger charge is 2.36. The first-order chi connectivity index (χ1) is 19.4. The predicted octanol–water partition coefficient (Wildman–Crippen LogP) is 1.61. The third-order valence-corrected chi connectivity index (χ3v) is 7.05. The number of methoxy groups -OCH3 is 1. The summed E-state index contributed by atoms with van der Waals surface area (Å²) in [5.41, 5.74) is 0.263. The summed E-state index contributed by atoms with van der Waals surface area (Å²) < 4.78 is 16.7. The molecular formula is C29H36N4O7. The summed E-state index contributed by atoms with van der Waals surface area (Å²) in [6, 6.07) is 12.3. The largest absolute Gasteiger partial charge is 0.497 e. The lowest BCUT2D eigenvalue weighted by molar-refractivity contribution is -0.143. The molecular weight excluding hydrogens is 516 g/mol. The summed E-state index contributed by atoms with van der Waals surface area (Å²) in [5.74, 6) is 0.399. The van der Waals surface area contributed by atoms with E-state index in [-0.39, 0.29) is 50.0 Å². The van der Waals surface area contributed by atoms with Gasteiger partial charge in [0.2, 0.25) is 17.7 Å². The molecule has 0 saturated carbocycles. The molecule has 214 valence electrons. The van der Waals surface area contributed by atoms with Gasteiger partial charge in [-0.2, -0.15) is 0 Å². The first-order valence-electron chi connectivity index (χ1n) is 13.5. The molecule has 40 heavy (non-hydrogen) atoms. The number of hydrogen-bond donors (Lipinski definition) is 2. The van der Waals surface area contributed by atoms with Gasteiger partial charge in [0, 0.05) is 20.0 Å². The maximum Gasteiger partial charge on any atom is 0.255 e. The minimum absolute atomic E-state index is 0.00631. The second-order valence-corrected chi connectivity index (χ2v) is 9.73. The van der Waals surface area contributed by atoms with Gasteiger partial charge in [-0.1, -0.05) is 12.1 Å². The second-order valence-electron chi connectivity index (χ2n) is 9.73. The van der Waals surface area contributed by atoms with E-state index in [4.69, 9.17) is 14.2 Å². The van der Waals surface area contributed by atoms with E-state index in [1.54, 1.807) is 72.5 Å². The maximum atomic E-state index is 13.2. The van der Waals surface area contributed by atoms with Crippen molar-refractivity contribution in [1.82, 2.24) is 20.4 Å². The number of likely N-dealkylation sites (N-methyl/N-ethyl adjacent to an activating group) is 1. The van der Waals surface area contributed by atoms with Crippen molar-refractivity contribution in [2.45, 2.75) is 37.8 Å². The molecule has 11 nitrogen and oxygen atoms in total. The van der Waals surface area contributed by atoms with Crippen LogP contribution in [0, 0.1) is 0 Å². The van der Waals surface area contributed by atoms with Crippen LogP contribution in [-0.2, 0) is 14.4 Å². The van der Waals surface area contributed by atoms with Crippen LogP contribution in [0.25, 0.3) is 0 Å². The topological polar surface area (TPSA) is 127 Å². The van der Waals surface area contributed by atoms with E-state index in [2.05, 4.69) is 10.6 Å². The molecule has 0 spiro atoms. The molecule has 2 aromatic rings. The van der Waals surface area contributed by atoms with Gasteiger partial charge in [0.25, 0.3) is 5.91 Å². The molecule has 2 aliphatic rings. The number of nitrogens with one attached hydrogen (secondary N) is 2. The fraction of sp³-hybridized carbons (Fsp3) is 0.448. The van der Waals surface area contributed by atoms with E-state index in [0.29, 0.717) is 36.8 Å². The molecule has 4 amide bonds. The van der Waals surface area contributed by atoms with Gasteiger partial charge in [0.05, 0.1) is 25.8 Å². The lowest BCUT2D eigenvalue weighted by Gasteiger charge is -2.28. The average Bonchev–Trinajstić information content (AvgIpc) is 3.47. The molecule has 11 heteroatoms. The molecule has 2 N–H and O–H groups in total. The standard InChI is InChI=1S/C29H36N4O7/c1-32-17-19-40-25-8-4-3-6-22(25)27(35)31-23(13-14-26(34)33-16-5-7-24(33)29(32)37)28(36)30-15-18-39-21-11-9-20(38-2)10-12-21/h3-4,6,8-12,23-24H,5,7,13-19H2,1-2H3,(H,30,36)(H,31,35)/t23-,24+/m0/s1. The number of hydrogen-bond acceptors (Lipinski definition) is 7. The monoisotopic (exact) mass is 552 g/mol. The SMILES string of the molecule is COc1ccc(OCCNC(=O)[C@@H]2CCC(=O)N3CCC[C@@H]3C(=O)N(C)CCOc3ccccc3C(=O)N2)cc1. The molecule has 1 fully saturated rings. The highest BCUT2D eigenvalue weighted by molar-refractivity contribution is 5.99. The Hall–Kier alpha value is -4.28. The first-order valence-corrected chi connectivity index (χ1v) is 13.5. The van der Waals surface area contributed by atoms with Gasteiger partial charge in [0.15, 0.2) is 0 Å². The van der Waals surface area contributed by atoms with Crippen LogP contribution < -0.4 is 24.8 Å². The number of nitrogens with zero attached hydrogens (tertiary/aromatic N) is 2. The number of carbonyl (C=O) groups is 4. The number of ether oxygens (including phenoxy) is 3. The van der Waals surface area contributed by atoms with Gasteiger partial charge in [-0.15, -0.1) is 0 Å². The van der Waals surface area contributed by atoms with Crippen molar-refractivity contribution in [3.05, 3.63) is 54.1 Å². The van der Waals surface area contributed by atoms with Crippen molar-refractivity contribution >= 4 is 23.6 Å². The Labute approximate surface area is 233 Å². The van der Waals surface area contributed by atoms with Crippen LogP contribution in [0.5, 0.6) is 17.2 Å². The van der Waals surface area contributed by atoms with Crippen molar-refractivity contribution in [2.75, 3.05) is 47.0 Å². The van der Waals surface area contributed by atoms with Gasteiger partial charge in [-0.25, -0.2) is 0 Å². The van der Waals surface area contributed by atoms with Gasteiger partial charge in [-0.3, -0.25) is 19.2 Å². The number of carbonyl (C=O) groups excluding carboxylic acids is 4. The smallest absolute Gasteiger partial charge is 0.255 e. The molecule has 2 atom stereocenters. The van der Waals surface area contributed by atoms with Crippen LogP contribution in [0.15, 0.2) is 48.5 Å². The van der Waals surface area contributed by atoms with Crippen LogP contribution in [0.2, 0.25) is 0 Å². The lowest BCUT2D eigenvalue weighted by atomic mass is 10.1. The molecule has 4 rings (SSSR count). The van der Waals surface area contributed by atoms with Crippen LogP contribution in [0.4, 0.5) is 0 Å². The summed E-state index contributed by atoms with van der Waals surface area (Å²) in [6.07, 6.45) is 1.40. The van der Waals surface area contributed by atoms with Crippen LogP contribution in [0.3, 0.4) is 0 Å². The lowest BCUT2D eigenvalue weighted by Crippen LogP contribution is -2.49. The first kappa shape index (κ1) is 28.7. The summed E-state index contributed by atoms with van der Waals surface area (Å²) in [6.45, 7) is 1.36. The Bertz CT molecular complexity index is 1200. The third-order valence-electron chi connectivity index (χ3n) is 7.05. The Kier molecular flexibility index (Phi) is 9.82. The second kappa shape index (κ2) is 13.7. The molecule has 2 aliphatic heterocycles. The van der Waals surface area contributed by atoms with Crippen LogP contribution in [0.1, 0.15) is 36.0 Å². The molecule has 2 aromatic carbocycles. The van der Waals surface area contributed by atoms with Gasteiger partial charge >= 0.3 is 0 Å². The summed E-state index contributed by atoms with van der Waals surface area (Å²) in [7, 11) is 3.26. The fourth-order valence-electron chi connectivity index (χ4n) is 4.81. The minimum atomic E-state index is -0.977. The Morgan fingerprint density at radius 3 is 2.58 bits per heavy atom. The molecule has 2 heterocycles. The summed E-state index contributed by atoms with van der Waals surface area (Å²) in [5, 5.41) is 5.57. The third kappa shape index (κ3) is 7.22. The normalized spacial score (nSPS) is 20.3. The zero-order valence-corrected chi connectivity index (χ0v) is 22.9. The van der Waals surface area contributed by atoms with E-state index in [1.165, 1.54) is 0 Å². The highest BCUT2D eigenvalue weighted by Crippen LogP contribution is 2.23. The average molecular weight is 553 g/mol. The number of rotatable bonds is 6. The Balaban J connectivity index is 1.46. The fourth-order valence-corrected chi connectivity index (χ4v) is 4.81. The number of para-hydroxylation sites is 1.